The van der Waals surface area contributed by atoms with Crippen LogP contribution in [0.4, 0.5) is 0 Å². The van der Waals surface area contributed by atoms with E-state index >= 15 is 0 Å². The number of nitrogens with two attached hydrogens (primary N) is 1. The molecule has 2 fully saturated rings. The zero-order valence-electron chi connectivity index (χ0n) is 16.5. The number of amides is 3. The maximum absolute atomic E-state index is 13.2. The second-order valence-corrected chi connectivity index (χ2v) is 8.85. The number of fused-ring (bicyclic) bond motifs is 1. The van der Waals surface area contributed by atoms with Gasteiger partial charge < -0.3 is 10.6 Å². The third kappa shape index (κ3) is 3.22. The molecule has 3 N–H and O–H groups in total. The van der Waals surface area contributed by atoms with Gasteiger partial charge in [0.25, 0.3) is 5.91 Å². The van der Waals surface area contributed by atoms with Crippen LogP contribution in [0.5, 0.6) is 0 Å². The maximum Gasteiger partial charge on any atom is 0.255 e. The molecule has 1 aromatic carbocycles. The molecule has 2 saturated heterocycles. The monoisotopic (exact) mass is 384 g/mol. The predicted molar refractivity (Wildman–Crippen MR) is 104 cm³/mol. The van der Waals surface area contributed by atoms with Gasteiger partial charge in [0, 0.05) is 37.2 Å². The molecule has 4 rings (SSSR count). The molecule has 3 aliphatic rings. The first-order chi connectivity index (χ1) is 13.3. The van der Waals surface area contributed by atoms with Gasteiger partial charge in [-0.15, -0.1) is 0 Å². The molecule has 3 aliphatic heterocycles. The Morgan fingerprint density at radius 3 is 2.71 bits per heavy atom. The fourth-order valence-electron chi connectivity index (χ4n) is 4.92. The highest BCUT2D eigenvalue weighted by atomic mass is 16.2. The van der Waals surface area contributed by atoms with Crippen LogP contribution in [0.1, 0.15) is 54.6 Å². The van der Waals surface area contributed by atoms with Gasteiger partial charge in [0.05, 0.1) is 0 Å². The van der Waals surface area contributed by atoms with Crippen molar-refractivity contribution in [3.05, 3.63) is 34.9 Å². The summed E-state index contributed by atoms with van der Waals surface area (Å²) in [6, 6.07) is 5.38. The lowest BCUT2D eigenvalue weighted by Gasteiger charge is -2.32. The lowest BCUT2D eigenvalue weighted by molar-refractivity contribution is -0.136. The summed E-state index contributed by atoms with van der Waals surface area (Å²) in [6.45, 7) is 7.17. The molecule has 0 aliphatic carbocycles. The van der Waals surface area contributed by atoms with Crippen molar-refractivity contribution < 1.29 is 14.4 Å². The first-order valence-electron chi connectivity index (χ1n) is 10.0. The second kappa shape index (κ2) is 6.97. The summed E-state index contributed by atoms with van der Waals surface area (Å²) >= 11 is 0. The fraction of sp³-hybridized carbons (Fsp3) is 0.571. The number of nitrogens with one attached hydrogen (secondary N) is 1. The minimum Gasteiger partial charge on any atom is -0.330 e. The van der Waals surface area contributed by atoms with Crippen LogP contribution < -0.4 is 11.1 Å². The van der Waals surface area contributed by atoms with Gasteiger partial charge in [-0.05, 0) is 50.3 Å². The number of hydrogen-bond acceptors (Lipinski definition) is 5. The molecule has 3 amide bonds. The Morgan fingerprint density at radius 1 is 1.25 bits per heavy atom. The van der Waals surface area contributed by atoms with E-state index in [1.54, 1.807) is 4.90 Å². The van der Waals surface area contributed by atoms with E-state index in [4.69, 9.17) is 5.73 Å². The van der Waals surface area contributed by atoms with Gasteiger partial charge in [0.15, 0.2) is 0 Å². The van der Waals surface area contributed by atoms with Gasteiger partial charge in [0.2, 0.25) is 11.8 Å². The number of benzene rings is 1. The number of carbonyl (C=O) groups excluding carboxylic acids is 3. The van der Waals surface area contributed by atoms with Crippen LogP contribution in [0.3, 0.4) is 0 Å². The highest BCUT2D eigenvalue weighted by Crippen LogP contribution is 2.36. The summed E-state index contributed by atoms with van der Waals surface area (Å²) in [5, 5.41) is 2.36. The number of imide groups is 1. The first kappa shape index (κ1) is 19.1. The molecule has 28 heavy (non-hydrogen) atoms. The molecule has 7 heteroatoms. The Bertz CT molecular complexity index is 835. The Kier molecular flexibility index (Phi) is 4.75. The third-order valence-electron chi connectivity index (χ3n) is 6.46. The molecular weight excluding hydrogens is 356 g/mol. The Balaban J connectivity index is 1.57. The molecule has 0 spiro atoms. The normalized spacial score (nSPS) is 27.2. The Morgan fingerprint density at radius 2 is 2.04 bits per heavy atom. The topological polar surface area (TPSA) is 95.7 Å². The van der Waals surface area contributed by atoms with Crippen molar-refractivity contribution in [2.75, 3.05) is 13.1 Å². The minimum atomic E-state index is -0.574. The van der Waals surface area contributed by atoms with Crippen LogP contribution in [0.15, 0.2) is 18.2 Å². The summed E-state index contributed by atoms with van der Waals surface area (Å²) in [5.41, 5.74) is 8.62. The van der Waals surface area contributed by atoms with Crippen LogP contribution in [-0.2, 0) is 22.7 Å². The number of rotatable bonds is 4. The van der Waals surface area contributed by atoms with Crippen molar-refractivity contribution >= 4 is 17.7 Å². The Labute approximate surface area is 165 Å². The van der Waals surface area contributed by atoms with Gasteiger partial charge in [-0.3, -0.25) is 24.6 Å². The number of hydrogen-bond donors (Lipinski definition) is 2. The fourth-order valence-corrected chi connectivity index (χ4v) is 4.92. The van der Waals surface area contributed by atoms with E-state index in [0.29, 0.717) is 32.0 Å². The van der Waals surface area contributed by atoms with Gasteiger partial charge in [0.1, 0.15) is 6.04 Å². The quantitative estimate of drug-likeness (QED) is 0.756. The molecule has 1 aromatic rings. The average Bonchev–Trinajstić information content (AvgIpc) is 3.12. The molecule has 2 atom stereocenters. The third-order valence-corrected chi connectivity index (χ3v) is 6.46. The smallest absolute Gasteiger partial charge is 0.255 e. The van der Waals surface area contributed by atoms with Crippen molar-refractivity contribution in [3.63, 3.8) is 0 Å². The highest BCUT2D eigenvalue weighted by Gasteiger charge is 2.42. The first-order valence-corrected chi connectivity index (χ1v) is 10.0. The summed E-state index contributed by atoms with van der Waals surface area (Å²) < 4.78 is 0. The zero-order valence-corrected chi connectivity index (χ0v) is 16.5. The predicted octanol–water partition coefficient (Wildman–Crippen LogP) is 1.01. The summed E-state index contributed by atoms with van der Waals surface area (Å²) in [4.78, 5) is 40.9. The number of piperidine rings is 1. The molecule has 3 heterocycles. The highest BCUT2D eigenvalue weighted by molar-refractivity contribution is 6.05. The van der Waals surface area contributed by atoms with Gasteiger partial charge >= 0.3 is 0 Å². The summed E-state index contributed by atoms with van der Waals surface area (Å²) in [7, 11) is 0. The molecule has 150 valence electrons. The standard InChI is InChI=1S/C21H28N4O3/c1-21(2)8-13(9-22)10-24(21)11-14-4-3-5-15-12-25(20(28)18(14)15)16-6-7-17(26)23-19(16)27/h3-5,13,16H,6-12,22H2,1-2H3,(H,23,26,27). The van der Waals surface area contributed by atoms with Crippen LogP contribution in [0, 0.1) is 5.92 Å². The van der Waals surface area contributed by atoms with E-state index in [1.807, 2.05) is 18.2 Å². The molecule has 0 saturated carbocycles. The van der Waals surface area contributed by atoms with Crippen molar-refractivity contribution in [1.29, 1.82) is 0 Å². The lowest BCUT2D eigenvalue weighted by atomic mass is 9.96. The van der Waals surface area contributed by atoms with E-state index in [2.05, 4.69) is 24.1 Å². The van der Waals surface area contributed by atoms with E-state index in [1.165, 1.54) is 0 Å². The second-order valence-electron chi connectivity index (χ2n) is 8.85. The van der Waals surface area contributed by atoms with Crippen molar-refractivity contribution in [1.82, 2.24) is 15.1 Å². The van der Waals surface area contributed by atoms with Crippen LogP contribution >= 0.6 is 0 Å². The SMILES string of the molecule is CC1(C)CC(CN)CN1Cc1cccc2c1C(=O)N(C1CCC(=O)NC1=O)C2. The Hall–Kier alpha value is -2.25. The number of carbonyl (C=O) groups is 3. The molecule has 0 radical (unpaired) electrons. The van der Waals surface area contributed by atoms with E-state index < -0.39 is 6.04 Å². The molecule has 0 aromatic heterocycles. The van der Waals surface area contributed by atoms with Crippen molar-refractivity contribution in [2.24, 2.45) is 11.7 Å². The van der Waals surface area contributed by atoms with E-state index in [-0.39, 0.29) is 29.7 Å². The lowest BCUT2D eigenvalue weighted by Crippen LogP contribution is -2.52. The van der Waals surface area contributed by atoms with Gasteiger partial charge in [-0.2, -0.15) is 0 Å². The maximum atomic E-state index is 13.2. The molecule has 0 bridgehead atoms. The average molecular weight is 384 g/mol. The van der Waals surface area contributed by atoms with Crippen molar-refractivity contribution in [3.8, 4) is 0 Å². The number of nitrogens with zero attached hydrogens (tertiary/aromatic N) is 2. The molecule has 7 nitrogen and oxygen atoms in total. The number of likely N-dealkylation sites (tertiary alicyclic amines) is 1. The zero-order chi connectivity index (χ0) is 20.1. The minimum absolute atomic E-state index is 0.0394. The van der Waals surface area contributed by atoms with Crippen LogP contribution in [0.25, 0.3) is 0 Å². The van der Waals surface area contributed by atoms with Crippen molar-refractivity contribution in [2.45, 2.75) is 57.8 Å². The molecule has 2 unspecified atom stereocenters. The summed E-state index contributed by atoms with van der Waals surface area (Å²) in [6.07, 6.45) is 1.71. The van der Waals surface area contributed by atoms with Crippen LogP contribution in [-0.4, -0.2) is 52.2 Å². The summed E-state index contributed by atoms with van der Waals surface area (Å²) in [5.74, 6) is -0.267. The van der Waals surface area contributed by atoms with Gasteiger partial charge in [-0.1, -0.05) is 18.2 Å². The van der Waals surface area contributed by atoms with E-state index in [0.717, 1.165) is 29.7 Å². The molecular formula is C21H28N4O3. The largest absolute Gasteiger partial charge is 0.330 e. The van der Waals surface area contributed by atoms with E-state index in [9.17, 15) is 14.4 Å². The van der Waals surface area contributed by atoms with Gasteiger partial charge in [-0.25, -0.2) is 0 Å². The van der Waals surface area contributed by atoms with Crippen LogP contribution in [0.2, 0.25) is 0 Å².